The van der Waals surface area contributed by atoms with E-state index in [4.69, 9.17) is 24.4 Å². The second-order valence-electron chi connectivity index (χ2n) is 31.6. The maximum atomic E-state index is 15.9. The van der Waals surface area contributed by atoms with E-state index in [2.05, 4.69) is 0 Å². The molecule has 0 spiro atoms. The van der Waals surface area contributed by atoms with E-state index in [1.165, 1.54) is 0 Å². The molecule has 8 aromatic carbocycles. The number of carbonyl (C=O) groups excluding carboxylic acids is 8. The summed E-state index contributed by atoms with van der Waals surface area (Å²) in [4.78, 5) is 151. The van der Waals surface area contributed by atoms with Crippen LogP contribution >= 0.6 is 0 Å². The first-order chi connectivity index (χ1) is 56.1. The van der Waals surface area contributed by atoms with Crippen LogP contribution in [0.4, 0.5) is 9.59 Å². The first-order valence-corrected chi connectivity index (χ1v) is 39.3. The summed E-state index contributed by atoms with van der Waals surface area (Å²) in [5.41, 5.74) is 4.53. The van der Waals surface area contributed by atoms with E-state index in [1.54, 1.807) is 93.8 Å². The number of amides is 8. The second-order valence-corrected chi connectivity index (χ2v) is 31.6. The summed E-state index contributed by atoms with van der Waals surface area (Å²) >= 11 is 0. The van der Waals surface area contributed by atoms with E-state index in [9.17, 15) is 9.59 Å². The van der Waals surface area contributed by atoms with Gasteiger partial charge in [-0.3, -0.25) is 38.6 Å². The second kappa shape index (κ2) is 33.7. The number of piperazine rings is 4. The first-order valence-electron chi connectivity index (χ1n) is 39.3. The lowest BCUT2D eigenvalue weighted by Crippen LogP contribution is -2.55. The number of rotatable bonds is 14. The highest BCUT2D eigenvalue weighted by atomic mass is 16.6. The summed E-state index contributed by atoms with van der Waals surface area (Å²) < 4.78 is 12.0. The fourth-order valence-corrected chi connectivity index (χ4v) is 16.3. The molecule has 0 bridgehead atoms. The van der Waals surface area contributed by atoms with Crippen LogP contribution in [-0.2, 0) is 9.47 Å². The van der Waals surface area contributed by atoms with Crippen molar-refractivity contribution in [2.45, 2.75) is 101 Å². The van der Waals surface area contributed by atoms with E-state index >= 15 is 28.8 Å². The van der Waals surface area contributed by atoms with Crippen molar-refractivity contribution < 1.29 is 47.8 Å². The SMILES string of the molecule is CC(C)(C)OC(=O)N1CC(c2ccccc2)N(C(=O)c2cccc(C(=O)N3CC(c4ccccc4)N(C(=O)c4cccc(C(=O)N5CC(c6ccccc6)N(C(=O)c6cccc(C(=O)N7CC(c8ccccc8)N(C(=O)OC(C)(C)C)CC7c7ccccc7)n6)CC5c5ccccc5)n4)CC3c3ccccc3)n2)CC1c1ccccc1. The van der Waals surface area contributed by atoms with Crippen molar-refractivity contribution in [1.82, 2.24) is 54.2 Å². The Labute approximate surface area is 675 Å². The van der Waals surface area contributed by atoms with Crippen LogP contribution in [-0.4, -0.2) is 165 Å². The summed E-state index contributed by atoms with van der Waals surface area (Å²) in [5.74, 6) is -2.85. The van der Waals surface area contributed by atoms with Crippen LogP contribution in [0.5, 0.6) is 0 Å². The van der Waals surface area contributed by atoms with Gasteiger partial charge in [0.05, 0.1) is 48.3 Å². The van der Waals surface area contributed by atoms with Crippen molar-refractivity contribution in [2.24, 2.45) is 0 Å². The molecule has 4 saturated heterocycles. The number of nitrogens with zero attached hydrogens (tertiary/aromatic N) is 11. The molecule has 3 aromatic heterocycles. The van der Waals surface area contributed by atoms with E-state index in [0.717, 1.165) is 44.5 Å². The largest absolute Gasteiger partial charge is 0.444 e. The lowest BCUT2D eigenvalue weighted by Gasteiger charge is -2.47. The van der Waals surface area contributed by atoms with Gasteiger partial charge in [-0.15, -0.1) is 0 Å². The minimum atomic E-state index is -0.796. The average molecular weight is 1550 g/mol. The van der Waals surface area contributed by atoms with Crippen LogP contribution in [0.2, 0.25) is 0 Å². The third kappa shape index (κ3) is 16.9. The van der Waals surface area contributed by atoms with Gasteiger partial charge in [-0.2, -0.15) is 0 Å². The smallest absolute Gasteiger partial charge is 0.410 e. The van der Waals surface area contributed by atoms with Crippen LogP contribution in [0.25, 0.3) is 0 Å². The molecule has 11 aromatic rings. The Morgan fingerprint density at radius 3 is 0.500 bits per heavy atom. The highest BCUT2D eigenvalue weighted by molar-refractivity contribution is 6.00. The van der Waals surface area contributed by atoms with E-state index in [-0.39, 0.29) is 86.5 Å². The van der Waals surface area contributed by atoms with Crippen molar-refractivity contribution in [3.8, 4) is 0 Å². The van der Waals surface area contributed by atoms with E-state index in [1.807, 2.05) is 284 Å². The molecule has 8 atom stereocenters. The Kier molecular flexibility index (Phi) is 22.6. The van der Waals surface area contributed by atoms with Crippen LogP contribution in [0, 0.1) is 0 Å². The molecular weight excluding hydrogens is 1460 g/mol. The molecule has 4 fully saturated rings. The molecule has 8 amide bonds. The summed E-state index contributed by atoms with van der Waals surface area (Å²) in [5, 5.41) is 0. The molecular formula is C95H91N11O10. The van der Waals surface area contributed by atoms with Crippen LogP contribution < -0.4 is 0 Å². The Balaban J connectivity index is 0.718. The minimum Gasteiger partial charge on any atom is -0.444 e. The van der Waals surface area contributed by atoms with Gasteiger partial charge in [-0.25, -0.2) is 24.5 Å². The molecule has 15 rings (SSSR count). The Hall–Kier alpha value is -13.4. The fourth-order valence-electron chi connectivity index (χ4n) is 16.3. The van der Waals surface area contributed by atoms with Gasteiger partial charge in [0, 0.05) is 52.4 Å². The molecule has 116 heavy (non-hydrogen) atoms. The Morgan fingerprint density at radius 2 is 0.353 bits per heavy atom. The monoisotopic (exact) mass is 1550 g/mol. The van der Waals surface area contributed by atoms with Gasteiger partial charge in [0.25, 0.3) is 35.4 Å². The summed E-state index contributed by atoms with van der Waals surface area (Å²) in [6.45, 7) is 11.2. The zero-order valence-corrected chi connectivity index (χ0v) is 65.6. The fraction of sp³-hybridized carbons (Fsp3) is 0.253. The lowest BCUT2D eigenvalue weighted by molar-refractivity contribution is -0.0146. The van der Waals surface area contributed by atoms with Crippen molar-refractivity contribution >= 4 is 47.6 Å². The van der Waals surface area contributed by atoms with Crippen LogP contribution in [0.3, 0.4) is 0 Å². The lowest BCUT2D eigenvalue weighted by atomic mass is 9.94. The molecule has 7 heterocycles. The van der Waals surface area contributed by atoms with Gasteiger partial charge in [-0.05, 0) is 122 Å². The predicted molar refractivity (Wildman–Crippen MR) is 438 cm³/mol. The number of carbonyl (C=O) groups is 8. The summed E-state index contributed by atoms with van der Waals surface area (Å²) in [6.07, 6.45) is -1.03. The number of aromatic nitrogens is 3. The normalized spacial score (nSPS) is 19.8. The van der Waals surface area contributed by atoms with Crippen molar-refractivity contribution in [1.29, 1.82) is 0 Å². The van der Waals surface area contributed by atoms with Gasteiger partial charge in [-0.1, -0.05) is 261 Å². The zero-order valence-electron chi connectivity index (χ0n) is 65.6. The van der Waals surface area contributed by atoms with E-state index in [0.29, 0.717) is 0 Å². The van der Waals surface area contributed by atoms with E-state index < -0.39 is 107 Å². The third-order valence-corrected chi connectivity index (χ3v) is 21.8. The Bertz CT molecular complexity index is 5030. The number of benzene rings is 8. The predicted octanol–water partition coefficient (Wildman–Crippen LogP) is 16.4. The number of pyridine rings is 3. The molecule has 0 saturated carbocycles. The Morgan fingerprint density at radius 1 is 0.216 bits per heavy atom. The summed E-state index contributed by atoms with van der Waals surface area (Å²) in [6, 6.07) is 84.8. The molecule has 0 aliphatic carbocycles. The highest BCUT2D eigenvalue weighted by Crippen LogP contribution is 2.43. The molecule has 0 radical (unpaired) electrons. The minimum absolute atomic E-state index is 0.00512. The quantitative estimate of drug-likeness (QED) is 0.0990. The van der Waals surface area contributed by atoms with Crippen molar-refractivity contribution in [2.75, 3.05) is 52.4 Å². The molecule has 21 nitrogen and oxygen atoms in total. The van der Waals surface area contributed by atoms with Gasteiger partial charge in [0.1, 0.15) is 45.4 Å². The van der Waals surface area contributed by atoms with Crippen LogP contribution in [0.1, 0.15) is 197 Å². The number of hydrogen-bond acceptors (Lipinski definition) is 13. The topological polar surface area (TPSA) is 220 Å². The molecule has 4 aliphatic rings. The molecule has 586 valence electrons. The van der Waals surface area contributed by atoms with Crippen LogP contribution in [0.15, 0.2) is 297 Å². The van der Waals surface area contributed by atoms with Gasteiger partial charge in [0.15, 0.2) is 0 Å². The van der Waals surface area contributed by atoms with Crippen molar-refractivity contribution in [3.63, 3.8) is 0 Å². The number of ether oxygens (including phenoxy) is 2. The summed E-state index contributed by atoms with van der Waals surface area (Å²) in [7, 11) is 0. The molecule has 4 aliphatic heterocycles. The molecule has 8 unspecified atom stereocenters. The third-order valence-electron chi connectivity index (χ3n) is 21.8. The average Bonchev–Trinajstić information content (AvgIpc) is 0.773. The van der Waals surface area contributed by atoms with Gasteiger partial charge >= 0.3 is 12.2 Å². The first kappa shape index (κ1) is 77.9. The van der Waals surface area contributed by atoms with Gasteiger partial charge < -0.3 is 38.9 Å². The maximum absolute atomic E-state index is 15.9. The molecule has 0 N–H and O–H groups in total. The van der Waals surface area contributed by atoms with Gasteiger partial charge in [0.2, 0.25) is 0 Å². The standard InChI is InChI=1S/C95H91N11O10/c1-94(2,3)115-92(113)105-62-82(68-42-23-11-24-43-68)103(60-84(105)70-46-27-13-28-47-70)90(111)76-54-32-52-74(97-76)88(109)101-58-78(64-34-15-7-16-35-64)99(56-80(101)66-38-19-9-20-39-66)86(107)72-50-31-51-73(96-72)87(108)100-57-81(67-40-21-10-22-41-67)102(59-79(100)65-36-17-8-18-37-65)89(110)75-53-33-55-77(98-75)91(112)104-61-85(71-48-29-14-30-49-71)106(93(114)116-95(4,5)6)63-83(104)69-44-25-12-26-45-69/h7-55,78-85H,56-63H2,1-6H3. The highest BCUT2D eigenvalue weighted by Gasteiger charge is 2.48. The van der Waals surface area contributed by atoms with Crippen molar-refractivity contribution in [3.05, 3.63) is 376 Å². The maximum Gasteiger partial charge on any atom is 0.410 e. The number of hydrogen-bond donors (Lipinski definition) is 0. The zero-order chi connectivity index (χ0) is 80.8. The molecule has 21 heteroatoms.